The van der Waals surface area contributed by atoms with Crippen LogP contribution in [0.3, 0.4) is 0 Å². The third-order valence-electron chi connectivity index (χ3n) is 5.13. The summed E-state index contributed by atoms with van der Waals surface area (Å²) in [5.74, 6) is -0.264. The Morgan fingerprint density at radius 2 is 2.03 bits per heavy atom. The number of carbonyl (C=O) groups is 1. The molecule has 156 valence electrons. The van der Waals surface area contributed by atoms with Gasteiger partial charge in [-0.1, -0.05) is 18.2 Å². The molecule has 1 N–H and O–H groups in total. The van der Waals surface area contributed by atoms with E-state index in [1.807, 2.05) is 30.3 Å². The highest BCUT2D eigenvalue weighted by molar-refractivity contribution is 5.84. The number of hydrogen-bond donors (Lipinski definition) is 1. The fourth-order valence-electron chi connectivity index (χ4n) is 3.54. The van der Waals surface area contributed by atoms with Crippen molar-refractivity contribution >= 4 is 16.8 Å². The second-order valence-corrected chi connectivity index (χ2v) is 7.43. The number of nitrogens with one attached hydrogen (secondary N) is 1. The molecule has 4 rings (SSSR count). The Morgan fingerprint density at radius 1 is 1.23 bits per heavy atom. The molecular weight excluding hydrogens is 395 g/mol. The van der Waals surface area contributed by atoms with Crippen LogP contribution >= 0.6 is 0 Å². The molecule has 0 bridgehead atoms. The number of para-hydroxylation sites is 1. The molecule has 1 aliphatic rings. The van der Waals surface area contributed by atoms with Gasteiger partial charge >= 0.3 is 6.18 Å². The van der Waals surface area contributed by atoms with Crippen LogP contribution in [0.1, 0.15) is 36.6 Å². The second-order valence-electron chi connectivity index (χ2n) is 7.43. The number of aromatic nitrogens is 2. The number of fused-ring (bicyclic) bond motifs is 1. The van der Waals surface area contributed by atoms with Crippen LogP contribution in [0.5, 0.6) is 5.75 Å². The third-order valence-corrected chi connectivity index (χ3v) is 5.13. The van der Waals surface area contributed by atoms with E-state index in [0.717, 1.165) is 16.5 Å². The SMILES string of the molecule is C[C@@H](NC(=O)C1CC1c1cnc2ccccc2c1)c1ncccc1OCC(F)(F)F. The number of carbonyl (C=O) groups excluding carboxylic acids is 1. The maximum absolute atomic E-state index is 12.7. The summed E-state index contributed by atoms with van der Waals surface area (Å²) in [5.41, 5.74) is 2.17. The molecule has 1 aliphatic carbocycles. The molecule has 0 saturated heterocycles. The summed E-state index contributed by atoms with van der Waals surface area (Å²) >= 11 is 0. The standard InChI is InChI=1S/C22H20F3N3O2/c1-13(20-19(7-4-8-26-20)30-12-22(23,24)25)28-21(29)17-10-16(17)15-9-14-5-2-3-6-18(14)27-11-15/h2-9,11,13,16-17H,10,12H2,1H3,(H,28,29)/t13-,16?,17?/m1/s1. The monoisotopic (exact) mass is 415 g/mol. The molecule has 30 heavy (non-hydrogen) atoms. The van der Waals surface area contributed by atoms with Gasteiger partial charge in [0.05, 0.1) is 11.6 Å². The van der Waals surface area contributed by atoms with Crippen molar-refractivity contribution in [2.75, 3.05) is 6.61 Å². The van der Waals surface area contributed by atoms with Gasteiger partial charge in [0.2, 0.25) is 5.91 Å². The van der Waals surface area contributed by atoms with E-state index in [-0.39, 0.29) is 29.2 Å². The van der Waals surface area contributed by atoms with E-state index in [1.54, 1.807) is 13.1 Å². The van der Waals surface area contributed by atoms with E-state index in [0.29, 0.717) is 6.42 Å². The van der Waals surface area contributed by atoms with Crippen molar-refractivity contribution in [2.24, 2.45) is 5.92 Å². The van der Waals surface area contributed by atoms with E-state index in [2.05, 4.69) is 15.3 Å². The quantitative estimate of drug-likeness (QED) is 0.642. The first-order valence-corrected chi connectivity index (χ1v) is 9.61. The number of alkyl halides is 3. The Balaban J connectivity index is 1.41. The van der Waals surface area contributed by atoms with Crippen molar-refractivity contribution in [1.82, 2.24) is 15.3 Å². The van der Waals surface area contributed by atoms with Crippen LogP contribution in [0.4, 0.5) is 13.2 Å². The molecule has 2 aromatic heterocycles. The predicted octanol–water partition coefficient (Wildman–Crippen LogP) is 4.55. The van der Waals surface area contributed by atoms with E-state index >= 15 is 0 Å². The van der Waals surface area contributed by atoms with Crippen LogP contribution < -0.4 is 10.1 Å². The summed E-state index contributed by atoms with van der Waals surface area (Å²) < 4.78 is 42.3. The molecule has 1 aromatic carbocycles. The second kappa shape index (κ2) is 7.93. The van der Waals surface area contributed by atoms with Crippen molar-refractivity contribution in [3.05, 3.63) is 66.1 Å². The smallest absolute Gasteiger partial charge is 0.422 e. The zero-order valence-corrected chi connectivity index (χ0v) is 16.2. The molecule has 8 heteroatoms. The molecule has 2 heterocycles. The molecule has 1 fully saturated rings. The normalized spacial score (nSPS) is 19.3. The van der Waals surface area contributed by atoms with Gasteiger partial charge in [-0.2, -0.15) is 13.2 Å². The summed E-state index contributed by atoms with van der Waals surface area (Å²) in [7, 11) is 0. The largest absolute Gasteiger partial charge is 0.482 e. The van der Waals surface area contributed by atoms with Crippen molar-refractivity contribution < 1.29 is 22.7 Å². The molecule has 3 aromatic rings. The van der Waals surface area contributed by atoms with Crippen LogP contribution in [-0.2, 0) is 4.79 Å². The van der Waals surface area contributed by atoms with Gasteiger partial charge in [-0.3, -0.25) is 14.8 Å². The molecule has 0 spiro atoms. The molecular formula is C22H20F3N3O2. The highest BCUT2D eigenvalue weighted by Crippen LogP contribution is 2.48. The number of benzene rings is 1. The number of pyridine rings is 2. The molecule has 3 atom stereocenters. The van der Waals surface area contributed by atoms with Crippen LogP contribution in [0.15, 0.2) is 54.9 Å². The summed E-state index contributed by atoms with van der Waals surface area (Å²) in [6, 6.07) is 12.2. The lowest BCUT2D eigenvalue weighted by atomic mass is 10.1. The van der Waals surface area contributed by atoms with Gasteiger partial charge in [0, 0.05) is 23.7 Å². The van der Waals surface area contributed by atoms with Gasteiger partial charge in [0.25, 0.3) is 0 Å². The summed E-state index contributed by atoms with van der Waals surface area (Å²) in [5, 5.41) is 3.87. The fourth-order valence-corrected chi connectivity index (χ4v) is 3.54. The maximum atomic E-state index is 12.7. The Labute approximate surface area is 171 Å². The lowest BCUT2D eigenvalue weighted by Crippen LogP contribution is -2.29. The van der Waals surface area contributed by atoms with E-state index < -0.39 is 18.8 Å². The van der Waals surface area contributed by atoms with Gasteiger partial charge < -0.3 is 10.1 Å². The first kappa shape index (κ1) is 20.1. The Hall–Kier alpha value is -3.16. The first-order valence-electron chi connectivity index (χ1n) is 9.61. The topological polar surface area (TPSA) is 64.1 Å². The average molecular weight is 415 g/mol. The minimum Gasteiger partial charge on any atom is -0.482 e. The average Bonchev–Trinajstić information content (AvgIpc) is 3.52. The van der Waals surface area contributed by atoms with Gasteiger partial charge in [0.15, 0.2) is 6.61 Å². The molecule has 5 nitrogen and oxygen atoms in total. The molecule has 1 amide bonds. The fraction of sp³-hybridized carbons (Fsp3) is 0.318. The van der Waals surface area contributed by atoms with Gasteiger partial charge in [-0.25, -0.2) is 0 Å². The minimum atomic E-state index is -4.45. The first-order chi connectivity index (χ1) is 14.3. The van der Waals surface area contributed by atoms with Crippen molar-refractivity contribution in [3.8, 4) is 5.75 Å². The van der Waals surface area contributed by atoms with Crippen LogP contribution in [0.2, 0.25) is 0 Å². The van der Waals surface area contributed by atoms with E-state index in [1.165, 1.54) is 18.3 Å². The zero-order valence-electron chi connectivity index (χ0n) is 16.2. The number of rotatable bonds is 6. The van der Waals surface area contributed by atoms with Crippen LogP contribution in [0, 0.1) is 5.92 Å². The third kappa shape index (κ3) is 4.53. The lowest BCUT2D eigenvalue weighted by Gasteiger charge is -2.18. The lowest BCUT2D eigenvalue weighted by molar-refractivity contribution is -0.153. The minimum absolute atomic E-state index is 0.00806. The molecule has 0 aliphatic heterocycles. The Morgan fingerprint density at radius 3 is 2.83 bits per heavy atom. The summed E-state index contributed by atoms with van der Waals surface area (Å²) in [4.78, 5) is 21.2. The van der Waals surface area contributed by atoms with Crippen LogP contribution in [-0.4, -0.2) is 28.7 Å². The number of hydrogen-bond acceptors (Lipinski definition) is 4. The highest BCUT2D eigenvalue weighted by atomic mass is 19.4. The number of ether oxygens (including phenoxy) is 1. The molecule has 2 unspecified atom stereocenters. The Bertz CT molecular complexity index is 1070. The number of halogens is 3. The van der Waals surface area contributed by atoms with E-state index in [9.17, 15) is 18.0 Å². The Kier molecular flexibility index (Phi) is 5.32. The van der Waals surface area contributed by atoms with Gasteiger partial charge in [-0.05, 0) is 49.1 Å². The highest BCUT2D eigenvalue weighted by Gasteiger charge is 2.44. The van der Waals surface area contributed by atoms with Crippen LogP contribution in [0.25, 0.3) is 10.9 Å². The van der Waals surface area contributed by atoms with Crippen molar-refractivity contribution in [2.45, 2.75) is 31.5 Å². The van der Waals surface area contributed by atoms with Gasteiger partial charge in [-0.15, -0.1) is 0 Å². The van der Waals surface area contributed by atoms with Gasteiger partial charge in [0.1, 0.15) is 11.4 Å². The summed E-state index contributed by atoms with van der Waals surface area (Å²) in [6.07, 6.45) is -0.488. The van der Waals surface area contributed by atoms with E-state index in [4.69, 9.17) is 4.74 Å². The van der Waals surface area contributed by atoms with Crippen molar-refractivity contribution in [1.29, 1.82) is 0 Å². The maximum Gasteiger partial charge on any atom is 0.422 e. The van der Waals surface area contributed by atoms with Crippen molar-refractivity contribution in [3.63, 3.8) is 0 Å². The molecule has 0 radical (unpaired) electrons. The molecule has 1 saturated carbocycles. The number of amides is 1. The summed E-state index contributed by atoms with van der Waals surface area (Å²) in [6.45, 7) is 0.266. The zero-order chi connectivity index (χ0) is 21.3. The number of nitrogens with zero attached hydrogens (tertiary/aromatic N) is 2. The predicted molar refractivity (Wildman–Crippen MR) is 105 cm³/mol.